The number of hydrogen-bond donors (Lipinski definition) is 0. The Morgan fingerprint density at radius 1 is 1.42 bits per heavy atom. The van der Waals surface area contributed by atoms with E-state index in [9.17, 15) is 19.7 Å². The molecule has 0 aliphatic heterocycles. The van der Waals surface area contributed by atoms with Crippen molar-refractivity contribution in [3.8, 4) is 0 Å². The monoisotopic (exact) mass is 274 g/mol. The number of nitro groups is 1. The third kappa shape index (κ3) is 5.78. The van der Waals surface area contributed by atoms with E-state index in [-0.39, 0.29) is 12.0 Å². The van der Waals surface area contributed by atoms with Crippen molar-refractivity contribution in [1.82, 2.24) is 4.90 Å². The van der Waals surface area contributed by atoms with Gasteiger partial charge in [-0.2, -0.15) is 0 Å². The van der Waals surface area contributed by atoms with E-state index in [0.717, 1.165) is 0 Å². The smallest absolute Gasteiger partial charge is 0.227 e. The Morgan fingerprint density at radius 3 is 2.26 bits per heavy atom. The van der Waals surface area contributed by atoms with Crippen molar-refractivity contribution in [1.29, 1.82) is 0 Å². The third-order valence-corrected chi connectivity index (χ3v) is 3.10. The van der Waals surface area contributed by atoms with Crippen LogP contribution in [0, 0.1) is 10.1 Å². The topological polar surface area (TPSA) is 89.8 Å². The fourth-order valence-electron chi connectivity index (χ4n) is 1.75. The molecule has 0 spiro atoms. The molecule has 19 heavy (non-hydrogen) atoms. The predicted molar refractivity (Wildman–Crippen MR) is 69.4 cm³/mol. The predicted octanol–water partition coefficient (Wildman–Crippen LogP) is 0.883. The Labute approximate surface area is 113 Å². The van der Waals surface area contributed by atoms with Gasteiger partial charge in [0, 0.05) is 18.9 Å². The number of amides is 1. The molecule has 0 heterocycles. The molecule has 0 aromatic rings. The Kier molecular flexibility index (Phi) is 7.90. The van der Waals surface area contributed by atoms with Crippen LogP contribution in [0.25, 0.3) is 0 Å². The van der Waals surface area contributed by atoms with Crippen molar-refractivity contribution in [2.24, 2.45) is 0 Å². The lowest BCUT2D eigenvalue weighted by molar-refractivity contribution is -0.487. The standard InChI is InChI=1S/C12H22N2O5/c1-5-10(6-2)19-12(8-15)11(7-14(17)18)13(4)9(3)16/h8,10-12H,5-7H2,1-4H3/t11-,12+/m1/s1. The maximum atomic E-state index is 11.3. The highest BCUT2D eigenvalue weighted by atomic mass is 16.6. The summed E-state index contributed by atoms with van der Waals surface area (Å²) in [4.78, 5) is 33.8. The number of carbonyl (C=O) groups excluding carboxylic acids is 2. The average Bonchev–Trinajstić information content (AvgIpc) is 2.37. The van der Waals surface area contributed by atoms with E-state index in [1.165, 1.54) is 18.9 Å². The van der Waals surface area contributed by atoms with Crippen LogP contribution in [0.4, 0.5) is 0 Å². The lowest BCUT2D eigenvalue weighted by Gasteiger charge is -2.30. The molecule has 0 aliphatic rings. The normalized spacial score (nSPS) is 13.9. The fraction of sp³-hybridized carbons (Fsp3) is 0.833. The second-order valence-electron chi connectivity index (χ2n) is 4.39. The summed E-state index contributed by atoms with van der Waals surface area (Å²) in [6.45, 7) is 4.60. The van der Waals surface area contributed by atoms with Crippen molar-refractivity contribution < 1.29 is 19.2 Å². The van der Waals surface area contributed by atoms with E-state index < -0.39 is 23.6 Å². The molecule has 0 saturated heterocycles. The van der Waals surface area contributed by atoms with Crippen LogP contribution >= 0.6 is 0 Å². The molecule has 0 fully saturated rings. The number of likely N-dealkylation sites (N-methyl/N-ethyl adjacent to an activating group) is 1. The van der Waals surface area contributed by atoms with E-state index in [1.54, 1.807) is 0 Å². The molecule has 0 bridgehead atoms. The van der Waals surface area contributed by atoms with Crippen LogP contribution in [0.15, 0.2) is 0 Å². The van der Waals surface area contributed by atoms with Crippen LogP contribution < -0.4 is 0 Å². The first-order valence-electron chi connectivity index (χ1n) is 6.33. The number of rotatable bonds is 9. The van der Waals surface area contributed by atoms with E-state index in [0.29, 0.717) is 19.1 Å². The number of aldehydes is 1. The van der Waals surface area contributed by atoms with Crippen LogP contribution in [0.5, 0.6) is 0 Å². The molecule has 7 heteroatoms. The molecule has 0 unspecified atom stereocenters. The van der Waals surface area contributed by atoms with Crippen molar-refractivity contribution in [2.75, 3.05) is 13.6 Å². The average molecular weight is 274 g/mol. The maximum absolute atomic E-state index is 11.3. The van der Waals surface area contributed by atoms with Gasteiger partial charge >= 0.3 is 0 Å². The van der Waals surface area contributed by atoms with Gasteiger partial charge in [-0.3, -0.25) is 14.9 Å². The van der Waals surface area contributed by atoms with Gasteiger partial charge in [0.15, 0.2) is 6.29 Å². The molecular formula is C12H22N2O5. The summed E-state index contributed by atoms with van der Waals surface area (Å²) in [6.07, 6.45) is 0.811. The van der Waals surface area contributed by atoms with Crippen LogP contribution in [0.3, 0.4) is 0 Å². The number of hydrogen-bond acceptors (Lipinski definition) is 5. The highest BCUT2D eigenvalue weighted by Crippen LogP contribution is 2.12. The van der Waals surface area contributed by atoms with Gasteiger partial charge in [-0.05, 0) is 12.8 Å². The molecule has 0 saturated carbocycles. The van der Waals surface area contributed by atoms with Gasteiger partial charge in [-0.25, -0.2) is 0 Å². The quantitative estimate of drug-likeness (QED) is 0.354. The van der Waals surface area contributed by atoms with Crippen molar-refractivity contribution in [2.45, 2.75) is 51.9 Å². The number of carbonyl (C=O) groups is 2. The van der Waals surface area contributed by atoms with Crippen LogP contribution in [-0.4, -0.2) is 53.9 Å². The van der Waals surface area contributed by atoms with Gasteiger partial charge in [-0.1, -0.05) is 13.8 Å². The van der Waals surface area contributed by atoms with Gasteiger partial charge < -0.3 is 14.4 Å². The van der Waals surface area contributed by atoms with E-state index in [2.05, 4.69) is 0 Å². The molecule has 1 amide bonds. The van der Waals surface area contributed by atoms with Crippen molar-refractivity contribution >= 4 is 12.2 Å². The maximum Gasteiger partial charge on any atom is 0.227 e. The minimum Gasteiger partial charge on any atom is -0.365 e. The molecule has 7 nitrogen and oxygen atoms in total. The molecule has 0 N–H and O–H groups in total. The molecule has 0 rings (SSSR count). The van der Waals surface area contributed by atoms with Gasteiger partial charge in [0.05, 0.1) is 6.10 Å². The highest BCUT2D eigenvalue weighted by molar-refractivity contribution is 5.74. The van der Waals surface area contributed by atoms with E-state index in [4.69, 9.17) is 4.74 Å². The van der Waals surface area contributed by atoms with Crippen LogP contribution in [0.2, 0.25) is 0 Å². The zero-order chi connectivity index (χ0) is 15.0. The Balaban J connectivity index is 5.00. The second kappa shape index (κ2) is 8.58. The Morgan fingerprint density at radius 2 is 1.95 bits per heavy atom. The SMILES string of the molecule is CCC(CC)O[C@@H](C=O)[C@@H](C[N+](=O)[O-])N(C)C(C)=O. The van der Waals surface area contributed by atoms with Crippen LogP contribution in [-0.2, 0) is 14.3 Å². The summed E-state index contributed by atoms with van der Waals surface area (Å²) in [6, 6.07) is -0.884. The Bertz CT molecular complexity index is 317. The minimum atomic E-state index is -0.982. The molecule has 0 aromatic carbocycles. The largest absolute Gasteiger partial charge is 0.365 e. The molecule has 0 aliphatic carbocycles. The fourth-order valence-corrected chi connectivity index (χ4v) is 1.75. The summed E-state index contributed by atoms with van der Waals surface area (Å²) >= 11 is 0. The van der Waals surface area contributed by atoms with Crippen molar-refractivity contribution in [3.63, 3.8) is 0 Å². The summed E-state index contributed by atoms with van der Waals surface area (Å²) in [5, 5.41) is 10.7. The summed E-state index contributed by atoms with van der Waals surface area (Å²) in [7, 11) is 1.43. The molecule has 2 atom stereocenters. The zero-order valence-electron chi connectivity index (χ0n) is 11.9. The first kappa shape index (κ1) is 17.5. The lowest BCUT2D eigenvalue weighted by Crippen LogP contribution is -2.50. The van der Waals surface area contributed by atoms with Gasteiger partial charge in [-0.15, -0.1) is 0 Å². The van der Waals surface area contributed by atoms with E-state index in [1.807, 2.05) is 13.8 Å². The van der Waals surface area contributed by atoms with E-state index >= 15 is 0 Å². The first-order chi connectivity index (χ1) is 8.87. The molecule has 110 valence electrons. The minimum absolute atomic E-state index is 0.148. The number of ether oxygens (including phenoxy) is 1. The summed E-state index contributed by atoms with van der Waals surface area (Å²) in [5.41, 5.74) is 0. The Hall–Kier alpha value is -1.50. The van der Waals surface area contributed by atoms with Gasteiger partial charge in [0.2, 0.25) is 12.5 Å². The number of nitrogens with zero attached hydrogens (tertiary/aromatic N) is 2. The lowest BCUT2D eigenvalue weighted by atomic mass is 10.1. The third-order valence-electron chi connectivity index (χ3n) is 3.10. The van der Waals surface area contributed by atoms with Gasteiger partial charge in [0.1, 0.15) is 12.1 Å². The summed E-state index contributed by atoms with van der Waals surface area (Å²) < 4.78 is 5.57. The highest BCUT2D eigenvalue weighted by Gasteiger charge is 2.33. The second-order valence-corrected chi connectivity index (χ2v) is 4.39. The first-order valence-corrected chi connectivity index (χ1v) is 6.33. The zero-order valence-corrected chi connectivity index (χ0v) is 11.9. The van der Waals surface area contributed by atoms with Gasteiger partial charge in [0.25, 0.3) is 0 Å². The molecule has 0 aromatic heterocycles. The summed E-state index contributed by atoms with van der Waals surface area (Å²) in [5.74, 6) is -0.341. The molecule has 0 radical (unpaired) electrons. The van der Waals surface area contributed by atoms with Crippen LogP contribution in [0.1, 0.15) is 33.6 Å². The molecular weight excluding hydrogens is 252 g/mol. The van der Waals surface area contributed by atoms with Crippen molar-refractivity contribution in [3.05, 3.63) is 10.1 Å².